The molecule has 0 saturated heterocycles. The number of carbonyl (C=O) groups excluding carboxylic acids is 1. The van der Waals surface area contributed by atoms with Crippen molar-refractivity contribution in [3.63, 3.8) is 0 Å². The number of carbonyl (C=O) groups is 1. The monoisotopic (exact) mass is 427 g/mol. The first-order valence-electron chi connectivity index (χ1n) is 6.68. The van der Waals surface area contributed by atoms with Crippen LogP contribution in [-0.4, -0.2) is 19.0 Å². The number of benzene rings is 2. The molecule has 0 unspecified atom stereocenters. The second kappa shape index (κ2) is 7.87. The highest BCUT2D eigenvalue weighted by molar-refractivity contribution is 14.1. The van der Waals surface area contributed by atoms with Crippen LogP contribution in [0, 0.1) is 26.5 Å². The van der Waals surface area contributed by atoms with Crippen molar-refractivity contribution in [3.05, 3.63) is 62.7 Å². The standard InChI is InChI=1S/C16H12F2IN3O/c17-10-4-5-11(14(19)8-10)16(23)22-7-6-21-15-3-1-2-13(18)12(15)9-20/h1-5,8,21H,6-7H2,(H,22,23). The first kappa shape index (κ1) is 17.1. The van der Waals surface area contributed by atoms with Crippen LogP contribution in [0.15, 0.2) is 36.4 Å². The van der Waals surface area contributed by atoms with E-state index in [4.69, 9.17) is 5.26 Å². The van der Waals surface area contributed by atoms with Gasteiger partial charge in [0.25, 0.3) is 5.91 Å². The van der Waals surface area contributed by atoms with E-state index in [2.05, 4.69) is 10.6 Å². The Kier molecular flexibility index (Phi) is 5.87. The molecule has 0 bridgehead atoms. The van der Waals surface area contributed by atoms with Crippen LogP contribution < -0.4 is 10.6 Å². The molecule has 0 saturated carbocycles. The van der Waals surface area contributed by atoms with Gasteiger partial charge in [-0.1, -0.05) is 6.07 Å². The van der Waals surface area contributed by atoms with Crippen LogP contribution in [0.1, 0.15) is 15.9 Å². The van der Waals surface area contributed by atoms with Crippen LogP contribution in [0.5, 0.6) is 0 Å². The number of nitriles is 1. The normalized spacial score (nSPS) is 10.0. The molecule has 0 spiro atoms. The lowest BCUT2D eigenvalue weighted by molar-refractivity contribution is 0.0954. The summed E-state index contributed by atoms with van der Waals surface area (Å²) in [6, 6.07) is 10.0. The van der Waals surface area contributed by atoms with Crippen molar-refractivity contribution in [1.29, 1.82) is 5.26 Å². The molecule has 2 rings (SSSR count). The fraction of sp³-hybridized carbons (Fsp3) is 0.125. The van der Waals surface area contributed by atoms with E-state index in [9.17, 15) is 13.6 Å². The zero-order valence-electron chi connectivity index (χ0n) is 11.9. The molecule has 7 heteroatoms. The second-order valence-electron chi connectivity index (χ2n) is 4.58. The van der Waals surface area contributed by atoms with E-state index in [1.807, 2.05) is 22.6 Å². The Morgan fingerprint density at radius 2 is 2.00 bits per heavy atom. The van der Waals surface area contributed by atoms with Gasteiger partial charge in [-0.15, -0.1) is 0 Å². The zero-order chi connectivity index (χ0) is 16.8. The van der Waals surface area contributed by atoms with Gasteiger partial charge >= 0.3 is 0 Å². The number of nitrogens with one attached hydrogen (secondary N) is 2. The molecule has 1 amide bonds. The Bertz CT molecular complexity index is 774. The van der Waals surface area contributed by atoms with Gasteiger partial charge in [0.1, 0.15) is 23.3 Å². The minimum atomic E-state index is -0.595. The van der Waals surface area contributed by atoms with Crippen molar-refractivity contribution < 1.29 is 13.6 Å². The van der Waals surface area contributed by atoms with Crippen molar-refractivity contribution in [2.75, 3.05) is 18.4 Å². The summed E-state index contributed by atoms with van der Waals surface area (Å²) in [6.07, 6.45) is 0. The number of hydrogen-bond donors (Lipinski definition) is 2. The van der Waals surface area contributed by atoms with Crippen LogP contribution in [0.3, 0.4) is 0 Å². The van der Waals surface area contributed by atoms with Crippen molar-refractivity contribution in [2.24, 2.45) is 0 Å². The molecule has 0 radical (unpaired) electrons. The molecule has 0 aliphatic rings. The number of rotatable bonds is 5. The fourth-order valence-electron chi connectivity index (χ4n) is 1.93. The van der Waals surface area contributed by atoms with E-state index < -0.39 is 11.6 Å². The molecule has 0 fully saturated rings. The SMILES string of the molecule is N#Cc1c(F)cccc1NCCNC(=O)c1ccc(F)cc1I. The van der Waals surface area contributed by atoms with Crippen LogP contribution in [0.2, 0.25) is 0 Å². The van der Waals surface area contributed by atoms with Crippen molar-refractivity contribution in [2.45, 2.75) is 0 Å². The van der Waals surface area contributed by atoms with Gasteiger partial charge in [0.05, 0.1) is 11.3 Å². The van der Waals surface area contributed by atoms with E-state index in [1.54, 1.807) is 12.1 Å². The highest BCUT2D eigenvalue weighted by Gasteiger charge is 2.10. The average molecular weight is 427 g/mol. The van der Waals surface area contributed by atoms with Crippen LogP contribution in [-0.2, 0) is 0 Å². The molecule has 2 N–H and O–H groups in total. The molecular weight excluding hydrogens is 415 g/mol. The summed E-state index contributed by atoms with van der Waals surface area (Å²) in [5.41, 5.74) is 0.695. The van der Waals surface area contributed by atoms with E-state index in [0.717, 1.165) is 0 Å². The largest absolute Gasteiger partial charge is 0.382 e. The maximum absolute atomic E-state index is 13.4. The third-order valence-electron chi connectivity index (χ3n) is 3.03. The second-order valence-corrected chi connectivity index (χ2v) is 5.74. The number of anilines is 1. The lowest BCUT2D eigenvalue weighted by atomic mass is 10.2. The lowest BCUT2D eigenvalue weighted by Crippen LogP contribution is -2.29. The smallest absolute Gasteiger partial charge is 0.252 e. The first-order chi connectivity index (χ1) is 11.0. The molecule has 2 aromatic rings. The summed E-state index contributed by atoms with van der Waals surface area (Å²) in [5.74, 6) is -1.32. The molecular formula is C16H12F2IN3O. The molecule has 0 aliphatic carbocycles. The van der Waals surface area contributed by atoms with E-state index in [0.29, 0.717) is 21.4 Å². The maximum atomic E-state index is 13.4. The topological polar surface area (TPSA) is 64.9 Å². The number of nitrogens with zero attached hydrogens (tertiary/aromatic N) is 1. The van der Waals surface area contributed by atoms with E-state index >= 15 is 0 Å². The van der Waals surface area contributed by atoms with E-state index in [1.165, 1.54) is 30.3 Å². The van der Waals surface area contributed by atoms with Crippen molar-refractivity contribution in [1.82, 2.24) is 5.32 Å². The minimum Gasteiger partial charge on any atom is -0.382 e. The molecule has 0 aliphatic heterocycles. The molecule has 23 heavy (non-hydrogen) atoms. The summed E-state index contributed by atoms with van der Waals surface area (Å²) in [4.78, 5) is 12.0. The fourth-order valence-corrected chi connectivity index (χ4v) is 2.65. The van der Waals surface area contributed by atoms with Gasteiger partial charge < -0.3 is 10.6 Å². The average Bonchev–Trinajstić information content (AvgIpc) is 2.51. The Hall–Kier alpha value is -2.21. The Balaban J connectivity index is 1.90. The Labute approximate surface area is 145 Å². The lowest BCUT2D eigenvalue weighted by Gasteiger charge is -2.10. The summed E-state index contributed by atoms with van der Waals surface area (Å²) in [6.45, 7) is 0.593. The van der Waals surface area contributed by atoms with Crippen LogP contribution >= 0.6 is 22.6 Å². The van der Waals surface area contributed by atoms with E-state index in [-0.39, 0.29) is 18.0 Å². The Morgan fingerprint density at radius 1 is 1.22 bits per heavy atom. The molecule has 0 heterocycles. The van der Waals surface area contributed by atoms with Gasteiger partial charge in [0.2, 0.25) is 0 Å². The van der Waals surface area contributed by atoms with Gasteiger partial charge in [0.15, 0.2) is 0 Å². The number of halogens is 3. The quantitative estimate of drug-likeness (QED) is 0.569. The summed E-state index contributed by atoms with van der Waals surface area (Å²) < 4.78 is 26.9. The summed E-state index contributed by atoms with van der Waals surface area (Å²) >= 11 is 1.89. The van der Waals surface area contributed by atoms with Gasteiger partial charge in [-0.3, -0.25) is 4.79 Å². The van der Waals surface area contributed by atoms with Crippen LogP contribution in [0.4, 0.5) is 14.5 Å². The summed E-state index contributed by atoms with van der Waals surface area (Å²) in [7, 11) is 0. The zero-order valence-corrected chi connectivity index (χ0v) is 14.0. The predicted octanol–water partition coefficient (Wildman–Crippen LogP) is 3.28. The maximum Gasteiger partial charge on any atom is 0.252 e. The summed E-state index contributed by atoms with van der Waals surface area (Å²) in [5, 5.41) is 14.5. The first-order valence-corrected chi connectivity index (χ1v) is 7.76. The highest BCUT2D eigenvalue weighted by Crippen LogP contribution is 2.17. The molecule has 0 atom stereocenters. The third kappa shape index (κ3) is 4.39. The number of amides is 1. The van der Waals surface area contributed by atoms with Gasteiger partial charge in [-0.25, -0.2) is 8.78 Å². The molecule has 118 valence electrons. The van der Waals surface area contributed by atoms with Crippen molar-refractivity contribution >= 4 is 34.2 Å². The molecule has 0 aromatic heterocycles. The Morgan fingerprint density at radius 3 is 2.70 bits per heavy atom. The molecule has 4 nitrogen and oxygen atoms in total. The predicted molar refractivity (Wildman–Crippen MR) is 91.1 cm³/mol. The van der Waals surface area contributed by atoms with Gasteiger partial charge in [-0.05, 0) is 52.9 Å². The van der Waals surface area contributed by atoms with Crippen molar-refractivity contribution in [3.8, 4) is 6.07 Å². The number of hydrogen-bond acceptors (Lipinski definition) is 3. The molecule has 2 aromatic carbocycles. The highest BCUT2D eigenvalue weighted by atomic mass is 127. The van der Waals surface area contributed by atoms with Crippen LogP contribution in [0.25, 0.3) is 0 Å². The van der Waals surface area contributed by atoms with Gasteiger partial charge in [-0.2, -0.15) is 5.26 Å². The third-order valence-corrected chi connectivity index (χ3v) is 3.92. The minimum absolute atomic E-state index is 0.0630. The van der Waals surface area contributed by atoms with Gasteiger partial charge in [0, 0.05) is 16.7 Å².